The molecule has 0 fully saturated rings. The number of rotatable bonds is 5. The summed E-state index contributed by atoms with van der Waals surface area (Å²) < 4.78 is 6.50. The van der Waals surface area contributed by atoms with E-state index >= 15 is 0 Å². The lowest BCUT2D eigenvalue weighted by molar-refractivity contribution is 0.0526. The maximum Gasteiger partial charge on any atom is 0.338 e. The van der Waals surface area contributed by atoms with Crippen molar-refractivity contribution in [2.45, 2.75) is 6.92 Å². The Balaban J connectivity index is 1.89. The minimum atomic E-state index is -0.373. The van der Waals surface area contributed by atoms with Gasteiger partial charge in [-0.15, -0.1) is 5.11 Å². The number of nitrogens with two attached hydrogens (primary N) is 1. The molecule has 3 rings (SSSR count). The monoisotopic (exact) mass is 383 g/mol. The third-order valence-electron chi connectivity index (χ3n) is 3.83. The molecule has 138 valence electrons. The first-order valence-corrected chi connectivity index (χ1v) is 8.64. The van der Waals surface area contributed by atoms with Crippen LogP contribution in [0.4, 0.5) is 17.2 Å². The minimum Gasteiger partial charge on any atom is -0.462 e. The third-order valence-corrected chi connectivity index (χ3v) is 4.08. The summed E-state index contributed by atoms with van der Waals surface area (Å²) in [6, 6.07) is 13.9. The number of anilines is 1. The molecule has 7 nitrogen and oxygen atoms in total. The van der Waals surface area contributed by atoms with E-state index < -0.39 is 0 Å². The fourth-order valence-corrected chi connectivity index (χ4v) is 2.54. The van der Waals surface area contributed by atoms with E-state index in [4.69, 9.17) is 22.1 Å². The van der Waals surface area contributed by atoms with Crippen molar-refractivity contribution in [3.05, 3.63) is 59.1 Å². The number of ether oxygens (including phenoxy) is 1. The van der Waals surface area contributed by atoms with Crippen LogP contribution in [-0.4, -0.2) is 22.4 Å². The summed E-state index contributed by atoms with van der Waals surface area (Å²) in [5.41, 5.74) is 9.03. The second-order valence-electron chi connectivity index (χ2n) is 5.68. The first-order chi connectivity index (χ1) is 13.0. The van der Waals surface area contributed by atoms with Crippen LogP contribution in [-0.2, 0) is 11.8 Å². The summed E-state index contributed by atoms with van der Waals surface area (Å²) >= 11 is 5.95. The fraction of sp³-hybridized carbons (Fsp3) is 0.158. The highest BCUT2D eigenvalue weighted by molar-refractivity contribution is 6.30. The molecule has 1 aromatic heterocycles. The van der Waals surface area contributed by atoms with Crippen LogP contribution in [0.15, 0.2) is 58.8 Å². The van der Waals surface area contributed by atoms with Crippen molar-refractivity contribution >= 4 is 34.8 Å². The highest BCUT2D eigenvalue weighted by Crippen LogP contribution is 2.35. The lowest BCUT2D eigenvalue weighted by Crippen LogP contribution is -2.03. The van der Waals surface area contributed by atoms with Gasteiger partial charge in [-0.1, -0.05) is 23.7 Å². The van der Waals surface area contributed by atoms with E-state index in [1.165, 1.54) is 0 Å². The van der Waals surface area contributed by atoms with E-state index in [9.17, 15) is 4.79 Å². The number of hydrogen-bond donors (Lipinski definition) is 1. The van der Waals surface area contributed by atoms with Crippen LogP contribution in [0.2, 0.25) is 5.02 Å². The van der Waals surface area contributed by atoms with Crippen LogP contribution in [0.1, 0.15) is 17.3 Å². The Morgan fingerprint density at radius 2 is 1.81 bits per heavy atom. The quantitative estimate of drug-likeness (QED) is 0.500. The molecular weight excluding hydrogens is 366 g/mol. The van der Waals surface area contributed by atoms with Gasteiger partial charge in [-0.2, -0.15) is 10.2 Å². The van der Waals surface area contributed by atoms with Crippen molar-refractivity contribution < 1.29 is 9.53 Å². The zero-order chi connectivity index (χ0) is 19.4. The summed E-state index contributed by atoms with van der Waals surface area (Å²) in [6.45, 7) is 2.09. The Labute approximate surface area is 161 Å². The van der Waals surface area contributed by atoms with Gasteiger partial charge in [0.25, 0.3) is 0 Å². The number of nitrogens with zero attached hydrogens (tertiary/aromatic N) is 4. The number of aromatic nitrogens is 2. The van der Waals surface area contributed by atoms with Crippen LogP contribution in [0.5, 0.6) is 0 Å². The largest absolute Gasteiger partial charge is 0.462 e. The van der Waals surface area contributed by atoms with Gasteiger partial charge in [-0.25, -0.2) is 4.79 Å². The predicted molar refractivity (Wildman–Crippen MR) is 105 cm³/mol. The number of azo groups is 1. The third kappa shape index (κ3) is 4.15. The molecule has 0 aliphatic heterocycles. The maximum atomic E-state index is 11.7. The molecule has 0 aliphatic carbocycles. The van der Waals surface area contributed by atoms with Crippen LogP contribution in [0.25, 0.3) is 11.3 Å². The van der Waals surface area contributed by atoms with Gasteiger partial charge in [0.1, 0.15) is 11.5 Å². The van der Waals surface area contributed by atoms with Gasteiger partial charge < -0.3 is 10.5 Å². The van der Waals surface area contributed by atoms with Gasteiger partial charge in [0.05, 0.1) is 17.9 Å². The molecule has 0 atom stereocenters. The van der Waals surface area contributed by atoms with Crippen molar-refractivity contribution in [2.75, 3.05) is 12.3 Å². The molecule has 0 amide bonds. The predicted octanol–water partition coefficient (Wildman–Crippen LogP) is 4.91. The van der Waals surface area contributed by atoms with Crippen LogP contribution >= 0.6 is 11.6 Å². The normalized spacial score (nSPS) is 11.1. The van der Waals surface area contributed by atoms with E-state index in [-0.39, 0.29) is 5.97 Å². The van der Waals surface area contributed by atoms with Gasteiger partial charge in [-0.3, -0.25) is 4.68 Å². The summed E-state index contributed by atoms with van der Waals surface area (Å²) in [4.78, 5) is 11.7. The first kappa shape index (κ1) is 18.6. The lowest BCUT2D eigenvalue weighted by Gasteiger charge is -2.01. The van der Waals surface area contributed by atoms with Crippen molar-refractivity contribution in [2.24, 2.45) is 17.3 Å². The van der Waals surface area contributed by atoms with Crippen LogP contribution in [0.3, 0.4) is 0 Å². The second-order valence-corrected chi connectivity index (χ2v) is 6.12. The molecule has 2 N–H and O–H groups in total. The van der Waals surface area contributed by atoms with Crippen molar-refractivity contribution in [3.63, 3.8) is 0 Å². The standard InChI is InChI=1S/C19H18ClN5O2/c1-3-27-19(26)13-6-10-15(11-7-13)22-23-17-16(24-25(2)18(17)21)12-4-8-14(20)9-5-12/h4-11H,3,21H2,1-2H3. The SMILES string of the molecule is CCOC(=O)c1ccc(N=Nc2c(-c3ccc(Cl)cc3)nn(C)c2N)cc1. The van der Waals surface area contributed by atoms with Gasteiger partial charge in [0.15, 0.2) is 5.69 Å². The molecule has 0 spiro atoms. The maximum absolute atomic E-state index is 11.7. The molecule has 8 heteroatoms. The highest BCUT2D eigenvalue weighted by atomic mass is 35.5. The molecule has 3 aromatic rings. The summed E-state index contributed by atoms with van der Waals surface area (Å²) in [7, 11) is 1.74. The number of hydrogen-bond acceptors (Lipinski definition) is 6. The topological polar surface area (TPSA) is 94.9 Å². The molecule has 1 heterocycles. The van der Waals surface area contributed by atoms with Crippen LogP contribution in [0, 0.1) is 0 Å². The number of carbonyl (C=O) groups excluding carboxylic acids is 1. The number of aryl methyl sites for hydroxylation is 1. The lowest BCUT2D eigenvalue weighted by atomic mass is 10.1. The number of esters is 1. The van der Waals surface area contributed by atoms with E-state index in [0.29, 0.717) is 40.1 Å². The Kier molecular flexibility index (Phi) is 5.52. The highest BCUT2D eigenvalue weighted by Gasteiger charge is 2.15. The smallest absolute Gasteiger partial charge is 0.338 e. The number of benzene rings is 2. The zero-order valence-corrected chi connectivity index (χ0v) is 15.6. The Morgan fingerprint density at radius 3 is 2.44 bits per heavy atom. The van der Waals surface area contributed by atoms with Gasteiger partial charge in [-0.05, 0) is 43.3 Å². The number of halogens is 1. The summed E-state index contributed by atoms with van der Waals surface area (Å²) in [5, 5.41) is 13.5. The van der Waals surface area contributed by atoms with Crippen molar-refractivity contribution in [3.8, 4) is 11.3 Å². The average Bonchev–Trinajstić information content (AvgIpc) is 2.95. The van der Waals surface area contributed by atoms with Crippen molar-refractivity contribution in [1.29, 1.82) is 0 Å². The van der Waals surface area contributed by atoms with Gasteiger partial charge in [0.2, 0.25) is 0 Å². The molecule has 0 bridgehead atoms. The molecule has 2 aromatic carbocycles. The molecular formula is C19H18ClN5O2. The van der Waals surface area contributed by atoms with Gasteiger partial charge >= 0.3 is 5.97 Å². The van der Waals surface area contributed by atoms with Gasteiger partial charge in [0, 0.05) is 17.6 Å². The fourth-order valence-electron chi connectivity index (χ4n) is 2.41. The zero-order valence-electron chi connectivity index (χ0n) is 14.9. The Morgan fingerprint density at radius 1 is 1.15 bits per heavy atom. The Hall–Kier alpha value is -3.19. The molecule has 0 radical (unpaired) electrons. The summed E-state index contributed by atoms with van der Waals surface area (Å²) in [5.74, 6) is 0.0226. The molecule has 0 saturated heterocycles. The second kappa shape index (κ2) is 8.01. The molecule has 27 heavy (non-hydrogen) atoms. The molecule has 0 aliphatic rings. The molecule has 0 saturated carbocycles. The summed E-state index contributed by atoms with van der Waals surface area (Å²) in [6.07, 6.45) is 0. The average molecular weight is 384 g/mol. The molecule has 0 unspecified atom stereocenters. The van der Waals surface area contributed by atoms with E-state index in [2.05, 4.69) is 15.3 Å². The minimum absolute atomic E-state index is 0.327. The van der Waals surface area contributed by atoms with E-state index in [1.807, 2.05) is 12.1 Å². The first-order valence-electron chi connectivity index (χ1n) is 8.27. The Bertz CT molecular complexity index is 979. The van der Waals surface area contributed by atoms with Crippen LogP contribution < -0.4 is 5.73 Å². The number of nitrogen functional groups attached to an aromatic ring is 1. The van der Waals surface area contributed by atoms with Crippen molar-refractivity contribution in [1.82, 2.24) is 9.78 Å². The van der Waals surface area contributed by atoms with E-state index in [1.54, 1.807) is 55.1 Å². The van der Waals surface area contributed by atoms with E-state index in [0.717, 1.165) is 5.56 Å². The number of carbonyl (C=O) groups is 1.